The van der Waals surface area contributed by atoms with Crippen LogP contribution in [-0.2, 0) is 10.5 Å². The van der Waals surface area contributed by atoms with Gasteiger partial charge in [-0.15, -0.1) is 11.8 Å². The molecule has 0 amide bonds. The van der Waals surface area contributed by atoms with E-state index >= 15 is 0 Å². The lowest BCUT2D eigenvalue weighted by molar-refractivity contribution is 0.0593. The Morgan fingerprint density at radius 1 is 1.32 bits per heavy atom. The molecule has 2 aromatic carbocycles. The molecule has 0 saturated heterocycles. The number of thioether (sulfide) groups is 1. The Morgan fingerprint density at radius 2 is 2.07 bits per heavy atom. The van der Waals surface area contributed by atoms with Crippen LogP contribution in [0.4, 0.5) is 10.1 Å². The minimum absolute atomic E-state index is 0.0510. The van der Waals surface area contributed by atoms with Crippen molar-refractivity contribution < 1.29 is 13.9 Å². The molecule has 0 atom stereocenters. The van der Waals surface area contributed by atoms with Gasteiger partial charge in [0.15, 0.2) is 5.69 Å². The van der Waals surface area contributed by atoms with Crippen LogP contribution in [0.25, 0.3) is 5.69 Å². The molecule has 5 nitrogen and oxygen atoms in total. The van der Waals surface area contributed by atoms with E-state index in [2.05, 4.69) is 0 Å². The number of esters is 1. The molecule has 0 saturated carbocycles. The molecule has 0 aliphatic rings. The number of hydrogen-bond acceptors (Lipinski definition) is 5. The second-order valence-electron chi connectivity index (χ2n) is 5.75. The molecule has 142 valence electrons. The second-order valence-corrected chi connectivity index (χ2v) is 7.17. The monoisotopic (exact) mass is 415 g/mol. The van der Waals surface area contributed by atoms with Crippen molar-refractivity contribution in [1.82, 2.24) is 4.57 Å². The Balaban J connectivity index is 2.03. The van der Waals surface area contributed by atoms with Gasteiger partial charge < -0.3 is 15.0 Å². The van der Waals surface area contributed by atoms with Crippen LogP contribution >= 0.6 is 23.4 Å². The van der Waals surface area contributed by atoms with Gasteiger partial charge in [-0.1, -0.05) is 35.9 Å². The Hall–Kier alpha value is -2.95. The van der Waals surface area contributed by atoms with Gasteiger partial charge in [-0.2, -0.15) is 5.26 Å². The van der Waals surface area contributed by atoms with E-state index in [4.69, 9.17) is 22.1 Å². The zero-order valence-electron chi connectivity index (χ0n) is 14.8. The van der Waals surface area contributed by atoms with Crippen molar-refractivity contribution in [3.05, 3.63) is 76.3 Å². The highest BCUT2D eigenvalue weighted by Gasteiger charge is 2.23. The molecule has 0 bridgehead atoms. The van der Waals surface area contributed by atoms with Gasteiger partial charge in [0.2, 0.25) is 0 Å². The van der Waals surface area contributed by atoms with Crippen LogP contribution in [0.15, 0.2) is 53.6 Å². The number of carbonyl (C=O) groups is 1. The van der Waals surface area contributed by atoms with Crippen molar-refractivity contribution in [1.29, 1.82) is 5.26 Å². The fourth-order valence-electron chi connectivity index (χ4n) is 2.70. The fraction of sp³-hybridized carbons (Fsp3) is 0.100. The Labute approximate surface area is 170 Å². The molecule has 28 heavy (non-hydrogen) atoms. The van der Waals surface area contributed by atoms with Gasteiger partial charge in [0.05, 0.1) is 29.1 Å². The number of halogens is 2. The summed E-state index contributed by atoms with van der Waals surface area (Å²) in [6.07, 6.45) is 1.49. The first-order valence-electron chi connectivity index (χ1n) is 8.12. The summed E-state index contributed by atoms with van der Waals surface area (Å²) in [4.78, 5) is 13.0. The van der Waals surface area contributed by atoms with Crippen molar-refractivity contribution in [2.45, 2.75) is 10.6 Å². The largest absolute Gasteiger partial charge is 0.464 e. The lowest BCUT2D eigenvalue weighted by atomic mass is 10.2. The molecule has 0 aliphatic heterocycles. The molecule has 1 heterocycles. The van der Waals surface area contributed by atoms with Crippen molar-refractivity contribution in [3.63, 3.8) is 0 Å². The molecule has 0 aliphatic carbocycles. The molecule has 8 heteroatoms. The molecule has 3 aromatic rings. The van der Waals surface area contributed by atoms with E-state index < -0.39 is 11.8 Å². The topological polar surface area (TPSA) is 81.0 Å². The quantitative estimate of drug-likeness (QED) is 0.478. The van der Waals surface area contributed by atoms with Crippen LogP contribution in [0, 0.1) is 17.1 Å². The Morgan fingerprint density at radius 3 is 2.79 bits per heavy atom. The van der Waals surface area contributed by atoms with E-state index in [-0.39, 0.29) is 22.0 Å². The summed E-state index contributed by atoms with van der Waals surface area (Å²) < 4.78 is 20.5. The van der Waals surface area contributed by atoms with Crippen molar-refractivity contribution in [3.8, 4) is 11.8 Å². The highest BCUT2D eigenvalue weighted by molar-refractivity contribution is 7.98. The predicted octanol–water partition coefficient (Wildman–Crippen LogP) is 4.80. The van der Waals surface area contributed by atoms with Gasteiger partial charge in [-0.3, -0.25) is 0 Å². The number of anilines is 1. The molecular weight excluding hydrogens is 401 g/mol. The van der Waals surface area contributed by atoms with Gasteiger partial charge in [0.25, 0.3) is 0 Å². The smallest absolute Gasteiger partial charge is 0.357 e. The van der Waals surface area contributed by atoms with Crippen LogP contribution in [0.3, 0.4) is 0 Å². The Bertz CT molecular complexity index is 1090. The first-order valence-corrected chi connectivity index (χ1v) is 9.48. The van der Waals surface area contributed by atoms with Gasteiger partial charge >= 0.3 is 5.97 Å². The van der Waals surface area contributed by atoms with Crippen molar-refractivity contribution in [2.24, 2.45) is 0 Å². The maximum atomic E-state index is 14.2. The number of ether oxygens (including phenoxy) is 1. The molecular formula is C20H15ClFN3O2S. The summed E-state index contributed by atoms with van der Waals surface area (Å²) in [5.74, 6) is -0.778. The number of aromatic nitrogens is 1. The van der Waals surface area contributed by atoms with E-state index in [1.54, 1.807) is 24.3 Å². The van der Waals surface area contributed by atoms with E-state index in [9.17, 15) is 14.4 Å². The van der Waals surface area contributed by atoms with E-state index in [1.165, 1.54) is 35.7 Å². The highest BCUT2D eigenvalue weighted by atomic mass is 35.5. The average molecular weight is 416 g/mol. The molecule has 3 rings (SSSR count). The normalized spacial score (nSPS) is 10.5. The standard InChI is InChI=1S/C20H15ClFN3O2S/c1-27-20(26)19-18(24)13(9-23)10-25(19)15-7-2-3-8-16(15)28-11-12-5-4-6-14(21)17(12)22/h2-8,10H,11,24H2,1H3. The van der Waals surface area contributed by atoms with Crippen LogP contribution in [0.2, 0.25) is 5.02 Å². The van der Waals surface area contributed by atoms with Gasteiger partial charge in [-0.05, 0) is 23.8 Å². The number of hydrogen-bond donors (Lipinski definition) is 1. The summed E-state index contributed by atoms with van der Waals surface area (Å²) in [6.45, 7) is 0. The van der Waals surface area contributed by atoms with Crippen molar-refractivity contribution in [2.75, 3.05) is 12.8 Å². The number of benzene rings is 2. The summed E-state index contributed by atoms with van der Waals surface area (Å²) in [5.41, 5.74) is 7.35. The predicted molar refractivity (Wildman–Crippen MR) is 107 cm³/mol. The third kappa shape index (κ3) is 3.70. The lowest BCUT2D eigenvalue weighted by Gasteiger charge is -2.13. The maximum absolute atomic E-state index is 14.2. The number of nitrogen functional groups attached to an aromatic ring is 1. The molecule has 0 unspecified atom stereocenters. The van der Waals surface area contributed by atoms with Crippen LogP contribution in [0.1, 0.15) is 21.6 Å². The first kappa shape index (κ1) is 19.8. The number of nitriles is 1. The Kier molecular flexibility index (Phi) is 5.93. The minimum atomic E-state index is -0.653. The number of nitrogens with two attached hydrogens (primary N) is 1. The molecule has 0 spiro atoms. The summed E-state index contributed by atoms with van der Waals surface area (Å²) >= 11 is 7.22. The summed E-state index contributed by atoms with van der Waals surface area (Å²) in [5, 5.41) is 9.35. The van der Waals surface area contributed by atoms with Crippen LogP contribution < -0.4 is 5.73 Å². The third-order valence-electron chi connectivity index (χ3n) is 4.08. The minimum Gasteiger partial charge on any atom is -0.464 e. The van der Waals surface area contributed by atoms with Crippen molar-refractivity contribution >= 4 is 35.0 Å². The zero-order chi connectivity index (χ0) is 20.3. The molecule has 0 fully saturated rings. The zero-order valence-corrected chi connectivity index (χ0v) is 16.4. The second kappa shape index (κ2) is 8.38. The van der Waals surface area contributed by atoms with E-state index in [1.807, 2.05) is 18.2 Å². The molecule has 1 aromatic heterocycles. The highest BCUT2D eigenvalue weighted by Crippen LogP contribution is 2.33. The number of nitrogens with zero attached hydrogens (tertiary/aromatic N) is 2. The summed E-state index contributed by atoms with van der Waals surface area (Å²) in [6, 6.07) is 14.1. The number of carbonyl (C=O) groups excluding carboxylic acids is 1. The van der Waals surface area contributed by atoms with E-state index in [0.717, 1.165) is 4.90 Å². The maximum Gasteiger partial charge on any atom is 0.357 e. The number of rotatable bonds is 5. The average Bonchev–Trinajstić information content (AvgIpc) is 3.05. The summed E-state index contributed by atoms with van der Waals surface area (Å²) in [7, 11) is 1.24. The van der Waals surface area contributed by atoms with Crippen LogP contribution in [0.5, 0.6) is 0 Å². The number of para-hydroxylation sites is 1. The first-order chi connectivity index (χ1) is 13.5. The third-order valence-corrected chi connectivity index (χ3v) is 5.49. The van der Waals surface area contributed by atoms with Gasteiger partial charge in [-0.25, -0.2) is 9.18 Å². The molecule has 0 radical (unpaired) electrons. The number of methoxy groups -OCH3 is 1. The van der Waals surface area contributed by atoms with Crippen LogP contribution in [-0.4, -0.2) is 17.6 Å². The van der Waals surface area contributed by atoms with E-state index in [0.29, 0.717) is 17.0 Å². The molecule has 2 N–H and O–H groups in total. The van der Waals surface area contributed by atoms with Gasteiger partial charge in [0.1, 0.15) is 11.9 Å². The lowest BCUT2D eigenvalue weighted by Crippen LogP contribution is -2.11. The SMILES string of the molecule is COC(=O)c1c(N)c(C#N)cn1-c1ccccc1SCc1cccc(Cl)c1F. The fourth-order valence-corrected chi connectivity index (χ4v) is 3.92. The van der Waals surface area contributed by atoms with Gasteiger partial charge in [0, 0.05) is 16.8 Å².